The fraction of sp³-hybridized carbons (Fsp3) is 0.500. The van der Waals surface area contributed by atoms with Crippen LogP contribution in [-0.4, -0.2) is 31.3 Å². The van der Waals surface area contributed by atoms with Gasteiger partial charge in [-0.3, -0.25) is 4.79 Å². The van der Waals surface area contributed by atoms with E-state index in [1.807, 2.05) is 18.2 Å². The predicted octanol–water partition coefficient (Wildman–Crippen LogP) is 1.53. The molecule has 2 unspecified atom stereocenters. The van der Waals surface area contributed by atoms with Crippen molar-refractivity contribution in [1.29, 1.82) is 0 Å². The Labute approximate surface area is 113 Å². The van der Waals surface area contributed by atoms with Gasteiger partial charge in [0.15, 0.2) is 6.61 Å². The van der Waals surface area contributed by atoms with Crippen molar-refractivity contribution in [3.8, 4) is 5.75 Å². The lowest BCUT2D eigenvalue weighted by Gasteiger charge is -2.28. The van der Waals surface area contributed by atoms with Crippen molar-refractivity contribution in [1.82, 2.24) is 0 Å². The van der Waals surface area contributed by atoms with Crippen molar-refractivity contribution in [2.75, 3.05) is 18.5 Å². The van der Waals surface area contributed by atoms with Gasteiger partial charge in [-0.2, -0.15) is 0 Å². The molecule has 1 fully saturated rings. The van der Waals surface area contributed by atoms with Crippen LogP contribution >= 0.6 is 0 Å². The van der Waals surface area contributed by atoms with E-state index < -0.39 is 5.91 Å². The number of nitrogens with two attached hydrogens (primary N) is 1. The Kier molecular flexibility index (Phi) is 4.63. The lowest BCUT2D eigenvalue weighted by molar-refractivity contribution is -0.119. The highest BCUT2D eigenvalue weighted by Gasteiger charge is 2.18. The number of carbonyl (C=O) groups excluding carboxylic acids is 1. The third kappa shape index (κ3) is 4.44. The smallest absolute Gasteiger partial charge is 0.255 e. The van der Waals surface area contributed by atoms with Crippen LogP contribution < -0.4 is 15.8 Å². The van der Waals surface area contributed by atoms with Crippen molar-refractivity contribution in [3.05, 3.63) is 24.3 Å². The summed E-state index contributed by atoms with van der Waals surface area (Å²) in [5.41, 5.74) is 6.04. The second-order valence-corrected chi connectivity index (χ2v) is 4.83. The summed E-state index contributed by atoms with van der Waals surface area (Å²) in [5, 5.41) is 3.46. The zero-order chi connectivity index (χ0) is 13.7. The van der Waals surface area contributed by atoms with Crippen molar-refractivity contribution in [2.45, 2.75) is 31.9 Å². The third-order valence-corrected chi connectivity index (χ3v) is 3.07. The fourth-order valence-electron chi connectivity index (χ4n) is 2.19. The average Bonchev–Trinajstić information content (AvgIpc) is 2.37. The monoisotopic (exact) mass is 264 g/mol. The largest absolute Gasteiger partial charge is 0.484 e. The van der Waals surface area contributed by atoms with Crippen LogP contribution in [0.25, 0.3) is 0 Å². The average molecular weight is 264 g/mol. The van der Waals surface area contributed by atoms with Crippen LogP contribution in [0.5, 0.6) is 5.75 Å². The lowest BCUT2D eigenvalue weighted by Crippen LogP contribution is -2.32. The highest BCUT2D eigenvalue weighted by molar-refractivity contribution is 5.75. The number of ether oxygens (including phenoxy) is 2. The molecule has 1 aromatic rings. The van der Waals surface area contributed by atoms with E-state index in [0.717, 1.165) is 25.1 Å². The van der Waals surface area contributed by atoms with E-state index in [-0.39, 0.29) is 6.61 Å². The normalized spacial score (nSPS) is 22.8. The van der Waals surface area contributed by atoms with Gasteiger partial charge in [0.2, 0.25) is 0 Å². The Morgan fingerprint density at radius 3 is 3.16 bits per heavy atom. The first-order valence-corrected chi connectivity index (χ1v) is 6.53. The molecule has 3 N–H and O–H groups in total. The molecule has 0 saturated carbocycles. The number of primary amides is 1. The van der Waals surface area contributed by atoms with Crippen LogP contribution in [0, 0.1) is 0 Å². The molecule has 104 valence electrons. The number of anilines is 1. The van der Waals surface area contributed by atoms with Crippen LogP contribution in [0.2, 0.25) is 0 Å². The van der Waals surface area contributed by atoms with E-state index in [1.165, 1.54) is 0 Å². The first-order chi connectivity index (χ1) is 9.13. The van der Waals surface area contributed by atoms with Gasteiger partial charge in [0, 0.05) is 24.4 Å². The summed E-state index contributed by atoms with van der Waals surface area (Å²) in [7, 11) is 0. The highest BCUT2D eigenvalue weighted by Crippen LogP contribution is 2.22. The van der Waals surface area contributed by atoms with Crippen molar-refractivity contribution < 1.29 is 14.3 Å². The Bertz CT molecular complexity index is 436. The minimum absolute atomic E-state index is 0.0994. The SMILES string of the molecule is CC1CC(Nc2cccc(OCC(N)=O)c2)CCO1. The minimum Gasteiger partial charge on any atom is -0.484 e. The molecule has 0 aromatic heterocycles. The number of nitrogens with one attached hydrogen (secondary N) is 1. The molecule has 1 saturated heterocycles. The maximum atomic E-state index is 10.7. The molecule has 5 nitrogen and oxygen atoms in total. The van der Waals surface area contributed by atoms with E-state index in [2.05, 4.69) is 12.2 Å². The van der Waals surface area contributed by atoms with Crippen LogP contribution in [-0.2, 0) is 9.53 Å². The Morgan fingerprint density at radius 2 is 2.42 bits per heavy atom. The van der Waals surface area contributed by atoms with Crippen molar-refractivity contribution >= 4 is 11.6 Å². The maximum Gasteiger partial charge on any atom is 0.255 e. The molecule has 2 rings (SSSR count). The molecule has 1 aromatic carbocycles. The van der Waals surface area contributed by atoms with Crippen molar-refractivity contribution in [2.24, 2.45) is 5.73 Å². The third-order valence-electron chi connectivity index (χ3n) is 3.07. The minimum atomic E-state index is -0.475. The summed E-state index contributed by atoms with van der Waals surface area (Å²) in [6.45, 7) is 2.77. The molecular formula is C14H20N2O3. The summed E-state index contributed by atoms with van der Waals surface area (Å²) in [4.78, 5) is 10.7. The second-order valence-electron chi connectivity index (χ2n) is 4.83. The second kappa shape index (κ2) is 6.43. The van der Waals surface area contributed by atoms with Crippen LogP contribution in [0.15, 0.2) is 24.3 Å². The van der Waals surface area contributed by atoms with E-state index in [9.17, 15) is 4.79 Å². The van der Waals surface area contributed by atoms with Gasteiger partial charge in [-0.25, -0.2) is 0 Å². The van der Waals surface area contributed by atoms with Gasteiger partial charge in [0.25, 0.3) is 5.91 Å². The summed E-state index contributed by atoms with van der Waals surface area (Å²) < 4.78 is 10.8. The van der Waals surface area contributed by atoms with Gasteiger partial charge in [-0.05, 0) is 31.9 Å². The molecule has 19 heavy (non-hydrogen) atoms. The number of rotatable bonds is 5. The van der Waals surface area contributed by atoms with Gasteiger partial charge in [-0.1, -0.05) is 6.07 Å². The number of hydrogen-bond acceptors (Lipinski definition) is 4. The summed E-state index contributed by atoms with van der Waals surface area (Å²) in [5.74, 6) is 0.167. The van der Waals surface area contributed by atoms with Crippen molar-refractivity contribution in [3.63, 3.8) is 0 Å². The highest BCUT2D eigenvalue weighted by atomic mass is 16.5. The number of carbonyl (C=O) groups is 1. The molecule has 0 spiro atoms. The first-order valence-electron chi connectivity index (χ1n) is 6.53. The molecule has 1 heterocycles. The number of amides is 1. The van der Waals surface area contributed by atoms with Gasteiger partial charge in [0.1, 0.15) is 5.75 Å². The quantitative estimate of drug-likeness (QED) is 0.846. The lowest BCUT2D eigenvalue weighted by atomic mass is 10.0. The summed E-state index contributed by atoms with van der Waals surface area (Å²) in [6.07, 6.45) is 2.28. The molecule has 0 bridgehead atoms. The van der Waals surface area contributed by atoms with E-state index in [0.29, 0.717) is 17.9 Å². The van der Waals surface area contributed by atoms with Gasteiger partial charge in [0.05, 0.1) is 6.10 Å². The number of benzene rings is 1. The molecule has 2 atom stereocenters. The molecule has 1 aliphatic rings. The molecule has 5 heteroatoms. The summed E-state index contributed by atoms with van der Waals surface area (Å²) in [6, 6.07) is 7.97. The Balaban J connectivity index is 1.92. The molecule has 1 amide bonds. The summed E-state index contributed by atoms with van der Waals surface area (Å²) >= 11 is 0. The molecule has 0 aliphatic carbocycles. The van der Waals surface area contributed by atoms with Gasteiger partial charge < -0.3 is 20.5 Å². The molecule has 0 radical (unpaired) electrons. The fourth-order valence-corrected chi connectivity index (χ4v) is 2.19. The Morgan fingerprint density at radius 1 is 1.58 bits per heavy atom. The van der Waals surface area contributed by atoms with Crippen LogP contribution in [0.3, 0.4) is 0 Å². The van der Waals surface area contributed by atoms with Crippen LogP contribution in [0.1, 0.15) is 19.8 Å². The standard InChI is InChI=1S/C14H20N2O3/c1-10-7-12(5-6-18-10)16-11-3-2-4-13(8-11)19-9-14(15)17/h2-4,8,10,12,16H,5-7,9H2,1H3,(H2,15,17). The number of hydrogen-bond donors (Lipinski definition) is 2. The maximum absolute atomic E-state index is 10.7. The molecule has 1 aliphatic heterocycles. The first kappa shape index (κ1) is 13.7. The van der Waals surface area contributed by atoms with Gasteiger partial charge in [-0.15, -0.1) is 0 Å². The predicted molar refractivity (Wildman–Crippen MR) is 73.2 cm³/mol. The molecular weight excluding hydrogens is 244 g/mol. The zero-order valence-electron chi connectivity index (χ0n) is 11.1. The van der Waals surface area contributed by atoms with Gasteiger partial charge >= 0.3 is 0 Å². The van der Waals surface area contributed by atoms with E-state index in [1.54, 1.807) is 6.07 Å². The topological polar surface area (TPSA) is 73.6 Å². The Hall–Kier alpha value is -1.75. The van der Waals surface area contributed by atoms with Crippen LogP contribution in [0.4, 0.5) is 5.69 Å². The van der Waals surface area contributed by atoms with E-state index in [4.69, 9.17) is 15.2 Å². The zero-order valence-corrected chi connectivity index (χ0v) is 11.1. The van der Waals surface area contributed by atoms with E-state index >= 15 is 0 Å².